The molecule has 0 spiro atoms. The van der Waals surface area contributed by atoms with Crippen LogP contribution in [0.5, 0.6) is 11.5 Å². The first-order valence-electron chi connectivity index (χ1n) is 7.10. The van der Waals surface area contributed by atoms with E-state index in [1.807, 2.05) is 0 Å². The summed E-state index contributed by atoms with van der Waals surface area (Å²) in [7, 11) is 0. The second-order valence-electron chi connectivity index (χ2n) is 5.49. The molecule has 0 radical (unpaired) electrons. The Morgan fingerprint density at radius 2 is 1.91 bits per heavy atom. The van der Waals surface area contributed by atoms with Crippen LogP contribution in [0.4, 0.5) is 0 Å². The van der Waals surface area contributed by atoms with Crippen molar-refractivity contribution in [2.75, 3.05) is 20.0 Å². The van der Waals surface area contributed by atoms with Crippen molar-refractivity contribution in [2.45, 2.75) is 24.8 Å². The maximum atomic E-state index is 12.5. The highest BCUT2D eigenvalue weighted by atomic mass is 16.7. The summed E-state index contributed by atoms with van der Waals surface area (Å²) in [6, 6.07) is 4.91. The summed E-state index contributed by atoms with van der Waals surface area (Å²) in [5, 5.41) is 12.0. The van der Waals surface area contributed by atoms with Gasteiger partial charge in [-0.05, 0) is 31.0 Å². The summed E-state index contributed by atoms with van der Waals surface area (Å²) < 4.78 is 15.7. The average molecular weight is 307 g/mol. The van der Waals surface area contributed by atoms with Crippen molar-refractivity contribution in [2.24, 2.45) is 0 Å². The minimum absolute atomic E-state index is 0.118. The van der Waals surface area contributed by atoms with Gasteiger partial charge in [0.25, 0.3) is 5.91 Å². The zero-order valence-electron chi connectivity index (χ0n) is 12.0. The standard InChI is InChI=1S/C15H17NO6/c17-13(18)8-15(3-5-20-6-4-15)16-14(19)10-1-2-11-12(7-10)22-9-21-11/h1-2,7H,3-6,8-9H2,(H,16,19)(H,17,18). The number of benzene rings is 1. The van der Waals surface area contributed by atoms with Gasteiger partial charge in [0.2, 0.25) is 6.79 Å². The van der Waals surface area contributed by atoms with Gasteiger partial charge in [0, 0.05) is 18.8 Å². The minimum atomic E-state index is -0.937. The number of rotatable bonds is 4. The van der Waals surface area contributed by atoms with Gasteiger partial charge in [0.05, 0.1) is 12.0 Å². The maximum Gasteiger partial charge on any atom is 0.305 e. The second-order valence-corrected chi connectivity index (χ2v) is 5.49. The van der Waals surface area contributed by atoms with E-state index in [2.05, 4.69) is 5.32 Å². The molecule has 0 saturated carbocycles. The van der Waals surface area contributed by atoms with Crippen LogP contribution in [-0.4, -0.2) is 42.5 Å². The molecule has 0 unspecified atom stereocenters. The van der Waals surface area contributed by atoms with Crippen molar-refractivity contribution in [3.05, 3.63) is 23.8 Å². The molecule has 3 rings (SSSR count). The SMILES string of the molecule is O=C(O)CC1(NC(=O)c2ccc3c(c2)OCO3)CCOCC1. The fourth-order valence-corrected chi connectivity index (χ4v) is 2.75. The molecule has 2 aliphatic rings. The zero-order valence-corrected chi connectivity index (χ0v) is 12.0. The van der Waals surface area contributed by atoms with Crippen molar-refractivity contribution < 1.29 is 28.9 Å². The molecule has 1 amide bonds. The van der Waals surface area contributed by atoms with E-state index in [0.717, 1.165) is 0 Å². The number of carbonyl (C=O) groups excluding carboxylic acids is 1. The van der Waals surface area contributed by atoms with Crippen molar-refractivity contribution in [1.82, 2.24) is 5.32 Å². The highest BCUT2D eigenvalue weighted by molar-refractivity contribution is 5.95. The van der Waals surface area contributed by atoms with Gasteiger partial charge in [0.1, 0.15) is 0 Å². The molecule has 118 valence electrons. The lowest BCUT2D eigenvalue weighted by Crippen LogP contribution is -2.53. The predicted octanol–water partition coefficient (Wildman–Crippen LogP) is 1.17. The van der Waals surface area contributed by atoms with Crippen LogP contribution in [0, 0.1) is 0 Å². The minimum Gasteiger partial charge on any atom is -0.481 e. The van der Waals surface area contributed by atoms with Crippen LogP contribution in [0.3, 0.4) is 0 Å². The molecule has 2 heterocycles. The lowest BCUT2D eigenvalue weighted by Gasteiger charge is -2.36. The quantitative estimate of drug-likeness (QED) is 0.867. The molecule has 0 atom stereocenters. The molecular formula is C15H17NO6. The van der Waals surface area contributed by atoms with E-state index >= 15 is 0 Å². The Hall–Kier alpha value is -2.28. The average Bonchev–Trinajstić information content (AvgIpc) is 2.94. The Kier molecular flexibility index (Phi) is 3.89. The molecule has 1 aromatic carbocycles. The van der Waals surface area contributed by atoms with E-state index in [9.17, 15) is 9.59 Å². The number of nitrogens with one attached hydrogen (secondary N) is 1. The number of carbonyl (C=O) groups is 2. The molecule has 22 heavy (non-hydrogen) atoms. The smallest absolute Gasteiger partial charge is 0.305 e. The van der Waals surface area contributed by atoms with Crippen LogP contribution in [0.25, 0.3) is 0 Å². The van der Waals surface area contributed by atoms with Crippen molar-refractivity contribution in [1.29, 1.82) is 0 Å². The zero-order chi connectivity index (χ0) is 15.6. The molecule has 2 aliphatic heterocycles. The van der Waals surface area contributed by atoms with Crippen LogP contribution < -0.4 is 14.8 Å². The van der Waals surface area contributed by atoms with Crippen LogP contribution in [0.2, 0.25) is 0 Å². The normalized spacial score (nSPS) is 18.7. The maximum absolute atomic E-state index is 12.5. The molecule has 0 aliphatic carbocycles. The molecule has 7 nitrogen and oxygen atoms in total. The molecule has 1 saturated heterocycles. The Labute approximate surface area is 127 Å². The topological polar surface area (TPSA) is 94.1 Å². The lowest BCUT2D eigenvalue weighted by atomic mass is 9.86. The summed E-state index contributed by atoms with van der Waals surface area (Å²) in [5.41, 5.74) is -0.349. The second kappa shape index (κ2) is 5.84. The van der Waals surface area contributed by atoms with Crippen LogP contribution in [0.1, 0.15) is 29.6 Å². The van der Waals surface area contributed by atoms with E-state index in [0.29, 0.717) is 43.1 Å². The van der Waals surface area contributed by atoms with Gasteiger partial charge in [-0.2, -0.15) is 0 Å². The molecule has 1 fully saturated rings. The number of fused-ring (bicyclic) bond motifs is 1. The van der Waals surface area contributed by atoms with Gasteiger partial charge >= 0.3 is 5.97 Å². The Morgan fingerprint density at radius 1 is 1.18 bits per heavy atom. The van der Waals surface area contributed by atoms with E-state index < -0.39 is 11.5 Å². The summed E-state index contributed by atoms with van der Waals surface area (Å²) in [4.78, 5) is 23.6. The summed E-state index contributed by atoms with van der Waals surface area (Å²) in [5.74, 6) is -0.135. The largest absolute Gasteiger partial charge is 0.481 e. The van der Waals surface area contributed by atoms with Crippen LogP contribution >= 0.6 is 0 Å². The van der Waals surface area contributed by atoms with E-state index in [-0.39, 0.29) is 19.1 Å². The molecular weight excluding hydrogens is 290 g/mol. The fraction of sp³-hybridized carbons (Fsp3) is 0.467. The number of ether oxygens (including phenoxy) is 3. The van der Waals surface area contributed by atoms with E-state index in [1.54, 1.807) is 18.2 Å². The molecule has 2 N–H and O–H groups in total. The lowest BCUT2D eigenvalue weighted by molar-refractivity contribution is -0.139. The van der Waals surface area contributed by atoms with Gasteiger partial charge in [-0.3, -0.25) is 9.59 Å². The monoisotopic (exact) mass is 307 g/mol. The van der Waals surface area contributed by atoms with Gasteiger partial charge in [-0.1, -0.05) is 0 Å². The van der Waals surface area contributed by atoms with Crippen molar-refractivity contribution >= 4 is 11.9 Å². The highest BCUT2D eigenvalue weighted by Gasteiger charge is 2.36. The molecule has 0 aromatic heterocycles. The Bertz CT molecular complexity index is 594. The van der Waals surface area contributed by atoms with Gasteiger partial charge < -0.3 is 24.6 Å². The Morgan fingerprint density at radius 3 is 2.64 bits per heavy atom. The third kappa shape index (κ3) is 2.99. The van der Waals surface area contributed by atoms with E-state index in [4.69, 9.17) is 19.3 Å². The number of carboxylic acid groups (broad SMARTS) is 1. The number of amides is 1. The first kappa shape index (κ1) is 14.6. The molecule has 1 aromatic rings. The summed E-state index contributed by atoms with van der Waals surface area (Å²) in [6.45, 7) is 1.02. The number of aliphatic carboxylic acids is 1. The fourth-order valence-electron chi connectivity index (χ4n) is 2.75. The van der Waals surface area contributed by atoms with E-state index in [1.165, 1.54) is 0 Å². The Balaban J connectivity index is 1.77. The van der Waals surface area contributed by atoms with Gasteiger partial charge in [-0.25, -0.2) is 0 Å². The predicted molar refractivity (Wildman–Crippen MR) is 75.1 cm³/mol. The third-order valence-corrected chi connectivity index (χ3v) is 3.95. The van der Waals surface area contributed by atoms with Crippen LogP contribution in [0.15, 0.2) is 18.2 Å². The first-order chi connectivity index (χ1) is 10.6. The number of hydrogen-bond acceptors (Lipinski definition) is 5. The van der Waals surface area contributed by atoms with Gasteiger partial charge in [-0.15, -0.1) is 0 Å². The molecule has 7 heteroatoms. The summed E-state index contributed by atoms with van der Waals surface area (Å²) >= 11 is 0. The van der Waals surface area contributed by atoms with Gasteiger partial charge in [0.15, 0.2) is 11.5 Å². The van der Waals surface area contributed by atoms with Crippen molar-refractivity contribution in [3.8, 4) is 11.5 Å². The number of hydrogen-bond donors (Lipinski definition) is 2. The summed E-state index contributed by atoms with van der Waals surface area (Å²) in [6.07, 6.45) is 0.845. The third-order valence-electron chi connectivity index (χ3n) is 3.95. The molecule has 0 bridgehead atoms. The number of carboxylic acids is 1. The van der Waals surface area contributed by atoms with Crippen LogP contribution in [-0.2, 0) is 9.53 Å². The van der Waals surface area contributed by atoms with Crippen molar-refractivity contribution in [3.63, 3.8) is 0 Å². The highest BCUT2D eigenvalue weighted by Crippen LogP contribution is 2.33. The first-order valence-corrected chi connectivity index (χ1v) is 7.10.